The Bertz CT molecular complexity index is 124. The summed E-state index contributed by atoms with van der Waals surface area (Å²) in [4.78, 5) is 3.82. The smallest absolute Gasteiger partial charge is 0.0984 e. The number of nitrogens with zero attached hydrogens (tertiary/aromatic N) is 1. The highest BCUT2D eigenvalue weighted by Gasteiger charge is 1.69. The Morgan fingerprint density at radius 2 is 2.38 bits per heavy atom. The minimum atomic E-state index is 0.649. The van der Waals surface area contributed by atoms with Crippen LogP contribution in [0, 0.1) is 0 Å². The van der Waals surface area contributed by atoms with E-state index in [1.165, 1.54) is 0 Å². The van der Waals surface area contributed by atoms with E-state index in [4.69, 9.17) is 0 Å². The van der Waals surface area contributed by atoms with E-state index >= 15 is 0 Å². The predicted molar refractivity (Wildman–Crippen MR) is 41.4 cm³/mol. The van der Waals surface area contributed by atoms with E-state index in [2.05, 4.69) is 27.5 Å². The van der Waals surface area contributed by atoms with Crippen LogP contribution < -0.4 is 0 Å². The van der Waals surface area contributed by atoms with Crippen molar-refractivity contribution in [3.8, 4) is 0 Å². The molecule has 1 nitrogen and oxygen atoms in total. The first-order valence-corrected chi connectivity index (χ1v) is 3.06. The van der Waals surface area contributed by atoms with Crippen LogP contribution in [0.1, 0.15) is 6.92 Å². The van der Waals surface area contributed by atoms with Gasteiger partial charge in [-0.15, -0.1) is 0 Å². The van der Waals surface area contributed by atoms with Gasteiger partial charge in [0.15, 0.2) is 0 Å². The van der Waals surface area contributed by atoms with Crippen molar-refractivity contribution in [2.45, 2.75) is 6.92 Å². The zero-order valence-corrected chi connectivity index (χ0v) is 6.35. The molecular weight excluding hydrogens is 166 g/mol. The second kappa shape index (κ2) is 4.78. The predicted octanol–water partition coefficient (Wildman–Crippen LogP) is 2.50. The van der Waals surface area contributed by atoms with Gasteiger partial charge < -0.3 is 0 Å². The molecule has 44 valence electrons. The van der Waals surface area contributed by atoms with Crippen molar-refractivity contribution in [3.05, 3.63) is 23.3 Å². The van der Waals surface area contributed by atoms with Crippen LogP contribution in [0.3, 0.4) is 0 Å². The van der Waals surface area contributed by atoms with Gasteiger partial charge in [-0.25, -0.2) is 0 Å². The van der Waals surface area contributed by atoms with Crippen molar-refractivity contribution in [3.63, 3.8) is 0 Å². The Morgan fingerprint density at radius 3 is 2.75 bits per heavy atom. The molecule has 0 aromatic rings. The lowest BCUT2D eigenvalue weighted by atomic mass is 10.6. The van der Waals surface area contributed by atoms with Gasteiger partial charge in [0.05, 0.1) is 4.61 Å². The molecule has 0 rings (SSSR count). The zero-order chi connectivity index (χ0) is 6.41. The average Bonchev–Trinajstić information content (AvgIpc) is 1.66. The molecule has 8 heavy (non-hydrogen) atoms. The van der Waals surface area contributed by atoms with Crippen LogP contribution in [-0.2, 0) is 0 Å². The van der Waals surface area contributed by atoms with Crippen molar-refractivity contribution in [2.75, 3.05) is 0 Å². The van der Waals surface area contributed by atoms with E-state index in [-0.39, 0.29) is 0 Å². The molecular formula is C6H8BrN. The molecule has 0 aliphatic rings. The molecule has 0 aliphatic heterocycles. The van der Waals surface area contributed by atoms with Crippen LogP contribution in [0.5, 0.6) is 0 Å². The van der Waals surface area contributed by atoms with Gasteiger partial charge in [0, 0.05) is 6.21 Å². The van der Waals surface area contributed by atoms with E-state index in [1.54, 1.807) is 6.21 Å². The Balaban J connectivity index is 3.50. The van der Waals surface area contributed by atoms with Gasteiger partial charge >= 0.3 is 0 Å². The van der Waals surface area contributed by atoms with Crippen molar-refractivity contribution in [2.24, 2.45) is 4.99 Å². The van der Waals surface area contributed by atoms with Crippen LogP contribution in [0.15, 0.2) is 28.3 Å². The number of hydrogen-bond donors (Lipinski definition) is 0. The fourth-order valence-corrected chi connectivity index (χ4v) is 0.328. The molecule has 0 heterocycles. The van der Waals surface area contributed by atoms with Gasteiger partial charge in [-0.2, -0.15) is 0 Å². The second-order valence-electron chi connectivity index (χ2n) is 1.18. The van der Waals surface area contributed by atoms with E-state index in [9.17, 15) is 0 Å². The maximum atomic E-state index is 3.82. The number of hydrogen-bond acceptors (Lipinski definition) is 1. The summed E-state index contributed by atoms with van der Waals surface area (Å²) >= 11 is 3.08. The van der Waals surface area contributed by atoms with Crippen molar-refractivity contribution < 1.29 is 0 Å². The van der Waals surface area contributed by atoms with Crippen LogP contribution in [0.4, 0.5) is 0 Å². The highest BCUT2D eigenvalue weighted by atomic mass is 79.9. The normalized spacial score (nSPS) is 11.2. The van der Waals surface area contributed by atoms with Gasteiger partial charge in [0.1, 0.15) is 0 Å². The fourth-order valence-electron chi connectivity index (χ4n) is 0.210. The summed E-state index contributed by atoms with van der Waals surface area (Å²) in [5.74, 6) is 0. The molecule has 0 spiro atoms. The molecule has 2 heteroatoms. The lowest BCUT2D eigenvalue weighted by molar-refractivity contribution is 1.59. The Morgan fingerprint density at radius 1 is 1.75 bits per heavy atom. The van der Waals surface area contributed by atoms with Crippen LogP contribution in [-0.4, -0.2) is 6.21 Å². The molecule has 0 N–H and O–H groups in total. The Kier molecular flexibility index (Phi) is 4.56. The summed E-state index contributed by atoms with van der Waals surface area (Å²) in [5.41, 5.74) is 0. The first-order valence-electron chi connectivity index (χ1n) is 2.27. The summed E-state index contributed by atoms with van der Waals surface area (Å²) in [7, 11) is 0. The molecule has 0 aliphatic carbocycles. The molecule has 0 fully saturated rings. The molecule has 0 saturated heterocycles. The number of halogens is 1. The molecule has 0 aromatic carbocycles. The van der Waals surface area contributed by atoms with E-state index in [0.29, 0.717) is 4.61 Å². The first kappa shape index (κ1) is 7.63. The summed E-state index contributed by atoms with van der Waals surface area (Å²) in [6.07, 6.45) is 5.42. The van der Waals surface area contributed by atoms with Gasteiger partial charge in [0.2, 0.25) is 0 Å². The lowest BCUT2D eigenvalue weighted by Gasteiger charge is -1.76. The maximum absolute atomic E-state index is 3.82. The largest absolute Gasteiger partial charge is 0.250 e. The van der Waals surface area contributed by atoms with Gasteiger partial charge in [-0.3, -0.25) is 4.99 Å². The molecule has 0 saturated carbocycles. The lowest BCUT2D eigenvalue weighted by Crippen LogP contribution is -1.61. The minimum Gasteiger partial charge on any atom is -0.250 e. The fraction of sp³-hybridized carbons (Fsp3) is 0.167. The van der Waals surface area contributed by atoms with Crippen LogP contribution in [0.25, 0.3) is 0 Å². The molecule has 0 unspecified atom stereocenters. The third kappa shape index (κ3) is 5.63. The third-order valence-electron chi connectivity index (χ3n) is 0.493. The van der Waals surface area contributed by atoms with Crippen LogP contribution >= 0.6 is 15.9 Å². The van der Waals surface area contributed by atoms with Crippen molar-refractivity contribution >= 4 is 22.1 Å². The Labute approximate surface area is 57.9 Å². The summed E-state index contributed by atoms with van der Waals surface area (Å²) < 4.78 is 0.649. The van der Waals surface area contributed by atoms with E-state index in [1.807, 2.05) is 19.1 Å². The molecule has 0 amide bonds. The topological polar surface area (TPSA) is 12.4 Å². The average molecular weight is 174 g/mol. The molecule has 0 aromatic heterocycles. The zero-order valence-electron chi connectivity index (χ0n) is 4.76. The van der Waals surface area contributed by atoms with Crippen molar-refractivity contribution in [1.29, 1.82) is 0 Å². The monoisotopic (exact) mass is 173 g/mol. The van der Waals surface area contributed by atoms with Gasteiger partial charge in [0.25, 0.3) is 0 Å². The molecule has 0 bridgehead atoms. The van der Waals surface area contributed by atoms with Crippen molar-refractivity contribution in [1.82, 2.24) is 0 Å². The second-order valence-corrected chi connectivity index (χ2v) is 2.10. The van der Waals surface area contributed by atoms with Gasteiger partial charge in [-0.1, -0.05) is 12.7 Å². The Hall–Kier alpha value is -0.370. The first-order chi connectivity index (χ1) is 3.77. The maximum Gasteiger partial charge on any atom is 0.0984 e. The van der Waals surface area contributed by atoms with E-state index in [0.717, 1.165) is 0 Å². The third-order valence-corrected chi connectivity index (χ3v) is 0.698. The molecule has 0 atom stereocenters. The van der Waals surface area contributed by atoms with Crippen LogP contribution in [0.2, 0.25) is 0 Å². The number of allylic oxidation sites excluding steroid dienone is 2. The molecule has 0 radical (unpaired) electrons. The highest BCUT2D eigenvalue weighted by molar-refractivity contribution is 9.11. The summed E-state index contributed by atoms with van der Waals surface area (Å²) in [6.45, 7) is 5.45. The standard InChI is InChI=1S/C6H8BrN/c1-3-4-5-8-6(2)7/h3-5H,2H2,1H3/b4-3-,8-5-. The summed E-state index contributed by atoms with van der Waals surface area (Å²) in [6, 6.07) is 0. The SMILES string of the molecule is C=C(Br)/N=C\C=C/C. The minimum absolute atomic E-state index is 0.649. The quantitative estimate of drug-likeness (QED) is 0.450. The number of rotatable bonds is 2. The summed E-state index contributed by atoms with van der Waals surface area (Å²) in [5, 5.41) is 0. The highest BCUT2D eigenvalue weighted by Crippen LogP contribution is 1.99. The van der Waals surface area contributed by atoms with E-state index < -0.39 is 0 Å². The number of aliphatic imine (C=N–C) groups is 1. The van der Waals surface area contributed by atoms with Gasteiger partial charge in [-0.05, 0) is 28.9 Å².